The van der Waals surface area contributed by atoms with E-state index in [1.54, 1.807) is 0 Å². The molecule has 4 heteroatoms. The van der Waals surface area contributed by atoms with Gasteiger partial charge in [-0.2, -0.15) is 0 Å². The highest BCUT2D eigenvalue weighted by Crippen LogP contribution is 2.20. The van der Waals surface area contributed by atoms with Crippen LogP contribution in [0.3, 0.4) is 0 Å². The van der Waals surface area contributed by atoms with E-state index in [-0.39, 0.29) is 6.54 Å². The molecule has 3 aromatic rings. The highest BCUT2D eigenvalue weighted by atomic mass is 35.5. The van der Waals surface area contributed by atoms with Gasteiger partial charge in [0.2, 0.25) is 0 Å². The van der Waals surface area contributed by atoms with E-state index in [1.165, 1.54) is 6.21 Å². The maximum absolute atomic E-state index is 12.1. The van der Waals surface area contributed by atoms with Crippen molar-refractivity contribution < 1.29 is 4.74 Å². The molecule has 0 unspecified atom stereocenters. The molecule has 22 heavy (non-hydrogen) atoms. The van der Waals surface area contributed by atoms with Gasteiger partial charge in [0.05, 0.1) is 11.1 Å². The first-order chi connectivity index (χ1) is 10.6. The number of fused-ring (bicyclic) bond motifs is 1. The molecule has 0 fully saturated rings. The predicted molar refractivity (Wildman–Crippen MR) is 90.4 cm³/mol. The van der Waals surface area contributed by atoms with E-state index in [0.29, 0.717) is 10.7 Å². The van der Waals surface area contributed by atoms with Gasteiger partial charge in [0.25, 0.3) is 0 Å². The van der Waals surface area contributed by atoms with Gasteiger partial charge in [0.15, 0.2) is 12.8 Å². The second-order valence-corrected chi connectivity index (χ2v) is 5.61. The van der Waals surface area contributed by atoms with Crippen LogP contribution in [-0.4, -0.2) is 15.9 Å². The highest BCUT2D eigenvalue weighted by Gasteiger charge is 2.07. The lowest BCUT2D eigenvalue weighted by Crippen LogP contribution is -2.06. The number of hydrogen-bond donors (Lipinski definition) is 0. The minimum atomic E-state index is 0.281. The Labute approximate surface area is 134 Å². The van der Waals surface area contributed by atoms with Crippen LogP contribution >= 0.6 is 11.6 Å². The van der Waals surface area contributed by atoms with E-state index in [4.69, 9.17) is 11.6 Å². The number of hydroxylamine groups is 1. The van der Waals surface area contributed by atoms with Crippen LogP contribution in [0.1, 0.15) is 16.7 Å². The molecule has 0 bridgehead atoms. The van der Waals surface area contributed by atoms with Crippen LogP contribution in [0.4, 0.5) is 0 Å². The van der Waals surface area contributed by atoms with Crippen molar-refractivity contribution in [2.45, 2.75) is 13.5 Å². The summed E-state index contributed by atoms with van der Waals surface area (Å²) in [6.07, 6.45) is 1.49. The monoisotopic (exact) mass is 310 g/mol. The molecular weight excluding hydrogens is 296 g/mol. The summed E-state index contributed by atoms with van der Waals surface area (Å²) in [7, 11) is 0. The van der Waals surface area contributed by atoms with Gasteiger partial charge >= 0.3 is 0 Å². The van der Waals surface area contributed by atoms with Gasteiger partial charge in [-0.25, -0.2) is 9.72 Å². The first-order valence-electron chi connectivity index (χ1n) is 7.01. The molecule has 1 heterocycles. The lowest BCUT2D eigenvalue weighted by Gasteiger charge is -2.06. The van der Waals surface area contributed by atoms with Gasteiger partial charge in [0, 0.05) is 10.9 Å². The van der Waals surface area contributed by atoms with Crippen molar-refractivity contribution in [1.29, 1.82) is 0 Å². The molecular formula is C18H15ClN2O. The largest absolute Gasteiger partial charge is 0.624 e. The zero-order valence-corrected chi connectivity index (χ0v) is 12.9. The summed E-state index contributed by atoms with van der Waals surface area (Å²) in [6, 6.07) is 17.4. The molecule has 0 aliphatic carbocycles. The molecule has 0 saturated carbocycles. The normalized spacial score (nSPS) is 11.8. The summed E-state index contributed by atoms with van der Waals surface area (Å²) in [5.41, 5.74) is 3.55. The van der Waals surface area contributed by atoms with E-state index in [9.17, 15) is 5.21 Å². The Bertz CT molecular complexity index is 844. The minimum Gasteiger partial charge on any atom is -0.624 e. The number of halogens is 1. The fourth-order valence-corrected chi connectivity index (χ4v) is 2.54. The molecule has 3 rings (SSSR count). The number of nitrogens with zero attached hydrogens (tertiary/aromatic N) is 2. The van der Waals surface area contributed by atoms with Gasteiger partial charge in [-0.1, -0.05) is 53.6 Å². The van der Waals surface area contributed by atoms with Crippen molar-refractivity contribution >= 4 is 28.7 Å². The number of aryl methyl sites for hydroxylation is 1. The molecule has 2 aromatic carbocycles. The molecule has 110 valence electrons. The van der Waals surface area contributed by atoms with Crippen LogP contribution < -0.4 is 0 Å². The summed E-state index contributed by atoms with van der Waals surface area (Å²) in [6.45, 7) is 2.30. The summed E-state index contributed by atoms with van der Waals surface area (Å²) in [5, 5.41) is 13.4. The van der Waals surface area contributed by atoms with Crippen LogP contribution in [0.5, 0.6) is 0 Å². The number of benzene rings is 2. The highest BCUT2D eigenvalue weighted by molar-refractivity contribution is 6.32. The summed E-state index contributed by atoms with van der Waals surface area (Å²) in [4.78, 5) is 4.35. The third-order valence-corrected chi connectivity index (χ3v) is 3.72. The number of pyridine rings is 1. The molecule has 0 amide bonds. The van der Waals surface area contributed by atoms with Crippen LogP contribution in [0.2, 0.25) is 5.15 Å². The smallest absolute Gasteiger partial charge is 0.185 e. The molecule has 0 aliphatic rings. The first kappa shape index (κ1) is 14.5. The maximum Gasteiger partial charge on any atom is 0.185 e. The molecule has 1 aromatic heterocycles. The van der Waals surface area contributed by atoms with Gasteiger partial charge in [-0.3, -0.25) is 0 Å². The Balaban J connectivity index is 1.95. The zero-order valence-electron chi connectivity index (χ0n) is 12.2. The summed E-state index contributed by atoms with van der Waals surface area (Å²) in [5.74, 6) is 0. The Hall–Kier alpha value is -2.39. The summed E-state index contributed by atoms with van der Waals surface area (Å²) < 4.78 is 0.875. The average molecular weight is 311 g/mol. The topological polar surface area (TPSA) is 39.0 Å². The van der Waals surface area contributed by atoms with Gasteiger partial charge in [-0.15, -0.1) is 0 Å². The van der Waals surface area contributed by atoms with Crippen LogP contribution in [-0.2, 0) is 6.54 Å². The summed E-state index contributed by atoms with van der Waals surface area (Å²) >= 11 is 6.18. The lowest BCUT2D eigenvalue weighted by atomic mass is 10.1. The standard InChI is InChI=1S/C18H15ClN2O/c1-13-7-8-17-15(9-13)10-16(18(19)20-17)12-21(22)11-14-5-3-2-4-6-14/h2-10,12H,11H2,1H3. The molecule has 0 N–H and O–H groups in total. The lowest BCUT2D eigenvalue weighted by molar-refractivity contribution is -0.469. The fourth-order valence-electron chi connectivity index (χ4n) is 2.34. The zero-order chi connectivity index (χ0) is 15.5. The molecule has 0 atom stereocenters. The molecule has 3 nitrogen and oxygen atoms in total. The Morgan fingerprint density at radius 1 is 1.14 bits per heavy atom. The van der Waals surface area contributed by atoms with Crippen molar-refractivity contribution in [2.75, 3.05) is 0 Å². The third-order valence-electron chi connectivity index (χ3n) is 3.42. The molecule has 0 spiro atoms. The van der Waals surface area contributed by atoms with Gasteiger partial charge < -0.3 is 5.21 Å². The quantitative estimate of drug-likeness (QED) is 0.237. The minimum absolute atomic E-state index is 0.281. The first-order valence-corrected chi connectivity index (χ1v) is 7.39. The van der Waals surface area contributed by atoms with E-state index >= 15 is 0 Å². The second-order valence-electron chi connectivity index (χ2n) is 5.25. The van der Waals surface area contributed by atoms with Crippen molar-refractivity contribution in [3.05, 3.63) is 81.6 Å². The number of rotatable bonds is 3. The van der Waals surface area contributed by atoms with Crippen molar-refractivity contribution in [3.8, 4) is 0 Å². The number of aromatic nitrogens is 1. The van der Waals surface area contributed by atoms with Crippen LogP contribution in [0.15, 0.2) is 54.6 Å². The number of hydrogen-bond acceptors (Lipinski definition) is 2. The SMILES string of the molecule is Cc1ccc2nc(Cl)c(C=[N+]([O-])Cc3ccccc3)cc2c1. The van der Waals surface area contributed by atoms with Crippen molar-refractivity contribution in [2.24, 2.45) is 0 Å². The van der Waals surface area contributed by atoms with E-state index in [2.05, 4.69) is 4.98 Å². The van der Waals surface area contributed by atoms with Crippen molar-refractivity contribution in [1.82, 2.24) is 4.98 Å². The fraction of sp³-hybridized carbons (Fsp3) is 0.111. The van der Waals surface area contributed by atoms with Crippen LogP contribution in [0.25, 0.3) is 10.9 Å². The van der Waals surface area contributed by atoms with E-state index in [1.807, 2.05) is 61.5 Å². The van der Waals surface area contributed by atoms with Gasteiger partial charge in [0.1, 0.15) is 5.15 Å². The predicted octanol–water partition coefficient (Wildman–Crippen LogP) is 4.33. The average Bonchev–Trinajstić information content (AvgIpc) is 2.49. The molecule has 0 saturated heterocycles. The Morgan fingerprint density at radius 2 is 1.91 bits per heavy atom. The van der Waals surface area contributed by atoms with Gasteiger partial charge in [-0.05, 0) is 25.1 Å². The molecule has 0 radical (unpaired) electrons. The van der Waals surface area contributed by atoms with Crippen LogP contribution in [0, 0.1) is 12.1 Å². The van der Waals surface area contributed by atoms with Crippen molar-refractivity contribution in [3.63, 3.8) is 0 Å². The molecule has 0 aliphatic heterocycles. The van der Waals surface area contributed by atoms with E-state index in [0.717, 1.165) is 26.8 Å². The maximum atomic E-state index is 12.1. The second kappa shape index (κ2) is 6.16. The van der Waals surface area contributed by atoms with E-state index < -0.39 is 0 Å². The Morgan fingerprint density at radius 3 is 2.68 bits per heavy atom. The Kier molecular flexibility index (Phi) is 4.07. The third kappa shape index (κ3) is 3.26.